The van der Waals surface area contributed by atoms with Gasteiger partial charge in [0.1, 0.15) is 28.9 Å². The normalized spacial score (nSPS) is 11.1. The van der Waals surface area contributed by atoms with Crippen LogP contribution in [0.25, 0.3) is 0 Å². The quantitative estimate of drug-likeness (QED) is 0.0892. The smallest absolute Gasteiger partial charge is 0.144 e. The number of carboxylic acid groups (broad SMARTS) is 5. The summed E-state index contributed by atoms with van der Waals surface area (Å²) in [6.07, 6.45) is 8.26. The summed E-state index contributed by atoms with van der Waals surface area (Å²) in [7, 11) is 0. The van der Waals surface area contributed by atoms with Gasteiger partial charge in [0, 0.05) is 108 Å². The summed E-state index contributed by atoms with van der Waals surface area (Å²) in [6, 6.07) is 0. The maximum Gasteiger partial charge on any atom is 0.144 e. The van der Waals surface area contributed by atoms with Crippen LogP contribution >= 0.6 is 0 Å². The molecule has 0 atom stereocenters. The number of aliphatic carboxylic acids is 5. The molecule has 0 heterocycles. The van der Waals surface area contributed by atoms with E-state index in [1.807, 2.05) is 104 Å². The second-order valence-corrected chi connectivity index (χ2v) is 16.6. The molecule has 385 valence electrons. The van der Waals surface area contributed by atoms with Gasteiger partial charge in [0.25, 0.3) is 0 Å². The molecule has 0 saturated carbocycles. The van der Waals surface area contributed by atoms with Gasteiger partial charge in [0.2, 0.25) is 0 Å². The molecule has 1 radical (unpaired) electrons. The Balaban J connectivity index is -0.000000170. The van der Waals surface area contributed by atoms with Gasteiger partial charge < -0.3 is 49.5 Å². The van der Waals surface area contributed by atoms with Crippen LogP contribution in [-0.4, -0.2) is 58.8 Å². The summed E-state index contributed by atoms with van der Waals surface area (Å²) in [5, 5.41) is 51.4. The fraction of sp³-hybridized carbons (Fsp3) is 0.800. The van der Waals surface area contributed by atoms with E-state index in [4.69, 9.17) is 0 Å². The van der Waals surface area contributed by atoms with Crippen LogP contribution in [0.4, 0.5) is 0 Å². The van der Waals surface area contributed by atoms with Crippen LogP contribution in [0.5, 0.6) is 0 Å². The number of carboxylic acids is 5. The monoisotopic (exact) mass is 977 g/mol. The number of rotatable bonds is 30. The molecule has 0 fully saturated rings. The van der Waals surface area contributed by atoms with Gasteiger partial charge in [-0.25, -0.2) is 0 Å². The largest absolute Gasteiger partial charge is 0.550 e. The number of carbonyl (C=O) groups is 10. The maximum atomic E-state index is 11.5. The van der Waals surface area contributed by atoms with Crippen LogP contribution in [0, 0.1) is 27.1 Å². The molecule has 0 aromatic rings. The first kappa shape index (κ1) is 73.8. The average molecular weight is 977 g/mol. The summed E-state index contributed by atoms with van der Waals surface area (Å²) < 4.78 is 0. The molecule has 0 aromatic carbocycles. The molecule has 16 heteroatoms. The van der Waals surface area contributed by atoms with Crippen molar-refractivity contribution in [1.29, 1.82) is 0 Å². The van der Waals surface area contributed by atoms with Crippen LogP contribution < -0.4 is 25.5 Å². The van der Waals surface area contributed by atoms with E-state index in [1.54, 1.807) is 0 Å². The zero-order valence-electron chi connectivity index (χ0n) is 43.2. The molecule has 0 spiro atoms. The number of carbonyl (C=O) groups excluding carboxylic acids is 10. The maximum absolute atomic E-state index is 11.5. The molecule has 0 N–H and O–H groups in total. The Labute approximate surface area is 408 Å². The topological polar surface area (TPSA) is 286 Å². The second kappa shape index (κ2) is 38.3. The number of ketones is 5. The van der Waals surface area contributed by atoms with Gasteiger partial charge in [0.15, 0.2) is 0 Å². The minimum Gasteiger partial charge on any atom is -0.550 e. The fourth-order valence-corrected chi connectivity index (χ4v) is 8.30. The average Bonchev–Trinajstić information content (AvgIpc) is 3.25. The molecule has 0 saturated heterocycles. The number of hydrogen-bond acceptors (Lipinski definition) is 15. The predicted octanol–water partition coefficient (Wildman–Crippen LogP) is 4.56. The zero-order valence-corrected chi connectivity index (χ0v) is 44.6. The van der Waals surface area contributed by atoms with Crippen molar-refractivity contribution < 1.29 is 92.0 Å². The van der Waals surface area contributed by atoms with Crippen molar-refractivity contribution >= 4 is 58.8 Å². The van der Waals surface area contributed by atoms with Crippen LogP contribution in [0.1, 0.15) is 232 Å². The van der Waals surface area contributed by atoms with Crippen LogP contribution in [0.2, 0.25) is 0 Å². The Bertz CT molecular complexity index is 1180. The van der Waals surface area contributed by atoms with Crippen LogP contribution in [-0.2, 0) is 66.5 Å². The fourth-order valence-electron chi connectivity index (χ4n) is 8.30. The molecule has 0 aliphatic rings. The third kappa shape index (κ3) is 25.4. The van der Waals surface area contributed by atoms with Crippen LogP contribution in [0.15, 0.2) is 0 Å². The third-order valence-corrected chi connectivity index (χ3v) is 14.6. The molecule has 0 aromatic heterocycles. The molecule has 0 bridgehead atoms. The van der Waals surface area contributed by atoms with Gasteiger partial charge in [-0.05, 0) is 96.3 Å². The van der Waals surface area contributed by atoms with E-state index in [0.29, 0.717) is 96.3 Å². The number of hydrogen-bond donors (Lipinski definition) is 0. The van der Waals surface area contributed by atoms with E-state index in [1.165, 1.54) is 0 Å². The standard InChI is InChI=1S/5C10H18O3.V/c5*1-4-10(5-2,6-3)8(11)7-9(12)13;/h5*4-7H2,1-3H3,(H,12,13);/p-5. The van der Waals surface area contributed by atoms with E-state index >= 15 is 0 Å². The SMILES string of the molecule is CCC(CC)(CC)C(=O)CC(=O)[O-].CCC(CC)(CC)C(=O)CC(=O)[O-].CCC(CC)(CC)C(=O)CC(=O)[O-].CCC(CC)(CC)C(=O)CC(=O)[O-].CCC(CC)(CC)C(=O)CC(=O)[O-].[V]. The number of Topliss-reactive ketones (excluding diaryl/α,β-unsaturated/α-hetero) is 5. The first-order chi connectivity index (χ1) is 30.1. The van der Waals surface area contributed by atoms with Crippen molar-refractivity contribution in [1.82, 2.24) is 0 Å². The van der Waals surface area contributed by atoms with Gasteiger partial charge in [-0.1, -0.05) is 104 Å². The van der Waals surface area contributed by atoms with Crippen molar-refractivity contribution in [2.24, 2.45) is 27.1 Å². The molecule has 66 heavy (non-hydrogen) atoms. The molecule has 0 unspecified atom stereocenters. The minimum atomic E-state index is -1.27. The van der Waals surface area contributed by atoms with Crippen molar-refractivity contribution in [3.63, 3.8) is 0 Å². The molecular weight excluding hydrogens is 891 g/mol. The Morgan fingerprint density at radius 1 is 0.227 bits per heavy atom. The Morgan fingerprint density at radius 3 is 0.348 bits per heavy atom. The molecule has 15 nitrogen and oxygen atoms in total. The Morgan fingerprint density at radius 2 is 0.303 bits per heavy atom. The third-order valence-electron chi connectivity index (χ3n) is 14.6. The van der Waals surface area contributed by atoms with Crippen LogP contribution in [0.3, 0.4) is 0 Å². The summed E-state index contributed by atoms with van der Waals surface area (Å²) >= 11 is 0. The van der Waals surface area contributed by atoms with E-state index < -0.39 is 89.0 Å². The van der Waals surface area contributed by atoms with Gasteiger partial charge in [-0.3, -0.25) is 24.0 Å². The molecule has 0 amide bonds. The van der Waals surface area contributed by atoms with E-state index in [0.717, 1.165) is 0 Å². The van der Waals surface area contributed by atoms with E-state index in [2.05, 4.69) is 0 Å². The van der Waals surface area contributed by atoms with Gasteiger partial charge >= 0.3 is 0 Å². The Kier molecular flexibility index (Phi) is 42.8. The second-order valence-electron chi connectivity index (χ2n) is 16.6. The van der Waals surface area contributed by atoms with Gasteiger partial charge in [-0.2, -0.15) is 0 Å². The summed E-state index contributed by atoms with van der Waals surface area (Å²) in [5.74, 6) is -7.34. The van der Waals surface area contributed by atoms with E-state index in [-0.39, 0.29) is 47.5 Å². The zero-order chi connectivity index (χ0) is 52.4. The van der Waals surface area contributed by atoms with Gasteiger partial charge in [0.05, 0.1) is 0 Å². The molecule has 0 aliphatic carbocycles. The van der Waals surface area contributed by atoms with Crippen molar-refractivity contribution in [2.45, 2.75) is 232 Å². The summed E-state index contributed by atoms with van der Waals surface area (Å²) in [4.78, 5) is 109. The first-order valence-electron chi connectivity index (χ1n) is 23.8. The molecular formula is C50H85O15V-5. The Hall–Kier alpha value is -3.72. The van der Waals surface area contributed by atoms with Crippen molar-refractivity contribution in [2.75, 3.05) is 0 Å². The minimum absolute atomic E-state index is 0. The van der Waals surface area contributed by atoms with Crippen molar-refractivity contribution in [3.8, 4) is 0 Å². The van der Waals surface area contributed by atoms with Gasteiger partial charge in [-0.15, -0.1) is 0 Å². The molecule has 0 rings (SSSR count). The van der Waals surface area contributed by atoms with E-state index in [9.17, 15) is 73.5 Å². The summed E-state index contributed by atoms with van der Waals surface area (Å²) in [6.45, 7) is 28.8. The van der Waals surface area contributed by atoms with Crippen molar-refractivity contribution in [3.05, 3.63) is 0 Å². The first-order valence-corrected chi connectivity index (χ1v) is 23.8. The molecule has 0 aliphatic heterocycles. The summed E-state index contributed by atoms with van der Waals surface area (Å²) in [5.41, 5.74) is -2.22. The predicted molar refractivity (Wildman–Crippen MR) is 240 cm³/mol.